The maximum Gasteiger partial charge on any atom is 0.271 e. The van der Waals surface area contributed by atoms with E-state index in [0.717, 1.165) is 25.8 Å². The molecule has 0 saturated carbocycles. The number of sulfone groups is 1. The number of piperidine rings is 1. The number of H-pyrrole nitrogens is 1. The van der Waals surface area contributed by atoms with Crippen LogP contribution in [0.2, 0.25) is 0 Å². The van der Waals surface area contributed by atoms with Crippen LogP contribution < -0.4 is 5.32 Å². The molecule has 0 unspecified atom stereocenters. The average Bonchev–Trinajstić information content (AvgIpc) is 2.91. The summed E-state index contributed by atoms with van der Waals surface area (Å²) in [7, 11) is -3.55. The number of fused-ring (bicyclic) bond motifs is 1. The number of aromatic nitrogens is 2. The van der Waals surface area contributed by atoms with Gasteiger partial charge in [-0.25, -0.2) is 13.4 Å². The molecule has 1 aliphatic heterocycles. The Bertz CT molecular complexity index is 809. The summed E-state index contributed by atoms with van der Waals surface area (Å²) in [6.07, 6.45) is 2.90. The van der Waals surface area contributed by atoms with Crippen LogP contribution in [0.5, 0.6) is 0 Å². The SMILES string of the molecule is O=[N+]([O-])c1ccc2nc(S(=O)(=O)C[C@H]3CCCCN3)[nH]c2c1. The third-order valence-corrected chi connectivity index (χ3v) is 5.41. The Hall–Kier alpha value is -2.00. The third-order valence-electron chi connectivity index (χ3n) is 3.78. The predicted octanol–water partition coefficient (Wildman–Crippen LogP) is 1.39. The lowest BCUT2D eigenvalue weighted by atomic mass is 10.1. The fraction of sp³-hybridized carbons (Fsp3) is 0.462. The Morgan fingerprint density at radius 1 is 1.36 bits per heavy atom. The van der Waals surface area contributed by atoms with E-state index in [9.17, 15) is 18.5 Å². The van der Waals surface area contributed by atoms with Crippen LogP contribution in [-0.2, 0) is 9.84 Å². The Morgan fingerprint density at radius 2 is 2.18 bits per heavy atom. The van der Waals surface area contributed by atoms with Gasteiger partial charge in [0.15, 0.2) is 0 Å². The maximum absolute atomic E-state index is 12.4. The van der Waals surface area contributed by atoms with Crippen molar-refractivity contribution < 1.29 is 13.3 Å². The Kier molecular flexibility index (Phi) is 3.83. The molecule has 1 saturated heterocycles. The van der Waals surface area contributed by atoms with Crippen LogP contribution in [-0.4, -0.2) is 41.6 Å². The first-order chi connectivity index (χ1) is 10.5. The second-order valence-electron chi connectivity index (χ2n) is 5.43. The number of nitro benzene ring substituents is 1. The highest BCUT2D eigenvalue weighted by Crippen LogP contribution is 2.22. The Labute approximate surface area is 127 Å². The van der Waals surface area contributed by atoms with E-state index in [1.165, 1.54) is 18.2 Å². The molecular weight excluding hydrogens is 308 g/mol. The molecule has 1 aromatic carbocycles. The average molecular weight is 324 g/mol. The summed E-state index contributed by atoms with van der Waals surface area (Å²) in [5, 5.41) is 13.8. The lowest BCUT2D eigenvalue weighted by Crippen LogP contribution is -2.39. The quantitative estimate of drug-likeness (QED) is 0.648. The second kappa shape index (κ2) is 5.65. The van der Waals surface area contributed by atoms with E-state index >= 15 is 0 Å². The summed E-state index contributed by atoms with van der Waals surface area (Å²) in [6, 6.07) is 3.98. The predicted molar refractivity (Wildman–Crippen MR) is 80.4 cm³/mol. The van der Waals surface area contributed by atoms with Crippen LogP contribution in [0.1, 0.15) is 19.3 Å². The van der Waals surface area contributed by atoms with Crippen molar-refractivity contribution in [3.8, 4) is 0 Å². The molecule has 1 aliphatic rings. The Morgan fingerprint density at radius 3 is 2.86 bits per heavy atom. The number of aromatic amines is 1. The molecule has 1 atom stereocenters. The third kappa shape index (κ3) is 2.95. The van der Waals surface area contributed by atoms with Crippen molar-refractivity contribution in [2.45, 2.75) is 30.5 Å². The van der Waals surface area contributed by atoms with E-state index in [0.29, 0.717) is 11.0 Å². The lowest BCUT2D eigenvalue weighted by Gasteiger charge is -2.22. The largest absolute Gasteiger partial charge is 0.329 e. The van der Waals surface area contributed by atoms with Gasteiger partial charge in [0.1, 0.15) is 0 Å². The molecule has 1 aromatic heterocycles. The van der Waals surface area contributed by atoms with E-state index < -0.39 is 14.8 Å². The van der Waals surface area contributed by atoms with Crippen molar-refractivity contribution >= 4 is 26.6 Å². The molecular formula is C13H16N4O4S. The van der Waals surface area contributed by atoms with Gasteiger partial charge in [-0.05, 0) is 25.5 Å². The monoisotopic (exact) mass is 324 g/mol. The van der Waals surface area contributed by atoms with Crippen molar-refractivity contribution in [2.24, 2.45) is 0 Å². The summed E-state index contributed by atoms with van der Waals surface area (Å²) in [5.74, 6) is -0.0189. The van der Waals surface area contributed by atoms with Gasteiger partial charge in [-0.2, -0.15) is 0 Å². The number of nitrogens with zero attached hydrogens (tertiary/aromatic N) is 2. The van der Waals surface area contributed by atoms with Gasteiger partial charge < -0.3 is 10.3 Å². The highest BCUT2D eigenvalue weighted by molar-refractivity contribution is 7.91. The number of imidazole rings is 1. The number of hydrogen-bond acceptors (Lipinski definition) is 6. The molecule has 2 heterocycles. The van der Waals surface area contributed by atoms with Gasteiger partial charge in [-0.15, -0.1) is 0 Å². The zero-order chi connectivity index (χ0) is 15.7. The van der Waals surface area contributed by atoms with Gasteiger partial charge >= 0.3 is 0 Å². The molecule has 0 spiro atoms. The van der Waals surface area contributed by atoms with Gasteiger partial charge in [0.05, 0.1) is 21.7 Å². The van der Waals surface area contributed by atoms with Crippen molar-refractivity contribution in [3.63, 3.8) is 0 Å². The van der Waals surface area contributed by atoms with E-state index in [4.69, 9.17) is 0 Å². The van der Waals surface area contributed by atoms with Crippen LogP contribution in [0.15, 0.2) is 23.4 Å². The van der Waals surface area contributed by atoms with E-state index in [2.05, 4.69) is 15.3 Å². The first kappa shape index (κ1) is 14.9. The van der Waals surface area contributed by atoms with Gasteiger partial charge in [0.25, 0.3) is 5.69 Å². The summed E-state index contributed by atoms with van der Waals surface area (Å²) in [6.45, 7) is 0.826. The lowest BCUT2D eigenvalue weighted by molar-refractivity contribution is -0.384. The van der Waals surface area contributed by atoms with Crippen molar-refractivity contribution in [1.29, 1.82) is 0 Å². The molecule has 2 aromatic rings. The number of non-ortho nitro benzene ring substituents is 1. The Balaban J connectivity index is 1.89. The van der Waals surface area contributed by atoms with Gasteiger partial charge in [0.2, 0.25) is 15.0 Å². The summed E-state index contributed by atoms with van der Waals surface area (Å²) in [4.78, 5) is 17.0. The van der Waals surface area contributed by atoms with Crippen molar-refractivity contribution in [3.05, 3.63) is 28.3 Å². The van der Waals surface area contributed by atoms with Gasteiger partial charge in [-0.1, -0.05) is 6.42 Å². The second-order valence-corrected chi connectivity index (χ2v) is 7.38. The fourth-order valence-electron chi connectivity index (χ4n) is 2.65. The van der Waals surface area contributed by atoms with Crippen LogP contribution in [0, 0.1) is 10.1 Å². The number of rotatable bonds is 4. The van der Waals surface area contributed by atoms with Crippen molar-refractivity contribution in [2.75, 3.05) is 12.3 Å². The minimum Gasteiger partial charge on any atom is -0.329 e. The molecule has 8 nitrogen and oxygen atoms in total. The molecule has 0 aliphatic carbocycles. The molecule has 3 rings (SSSR count). The summed E-state index contributed by atoms with van der Waals surface area (Å²) < 4.78 is 24.8. The number of benzene rings is 1. The smallest absolute Gasteiger partial charge is 0.271 e. The zero-order valence-corrected chi connectivity index (χ0v) is 12.6. The van der Waals surface area contributed by atoms with Crippen LogP contribution >= 0.6 is 0 Å². The molecule has 0 bridgehead atoms. The fourth-order valence-corrected chi connectivity index (χ4v) is 4.12. The summed E-state index contributed by atoms with van der Waals surface area (Å²) >= 11 is 0. The topological polar surface area (TPSA) is 118 Å². The minimum atomic E-state index is -3.55. The molecule has 118 valence electrons. The normalized spacial score (nSPS) is 19.4. The zero-order valence-electron chi connectivity index (χ0n) is 11.8. The maximum atomic E-state index is 12.4. The standard InChI is InChI=1S/C13H16N4O4S/c18-17(19)10-4-5-11-12(7-10)16-13(15-11)22(20,21)8-9-3-1-2-6-14-9/h4-5,7,9,14H,1-3,6,8H2,(H,15,16)/t9-/m1/s1. The first-order valence-electron chi connectivity index (χ1n) is 7.06. The molecule has 1 fully saturated rings. The van der Waals surface area contributed by atoms with Crippen LogP contribution in [0.25, 0.3) is 11.0 Å². The number of nitro groups is 1. The molecule has 9 heteroatoms. The molecule has 2 N–H and O–H groups in total. The first-order valence-corrected chi connectivity index (χ1v) is 8.71. The van der Waals surface area contributed by atoms with E-state index in [-0.39, 0.29) is 22.6 Å². The minimum absolute atomic E-state index is 0.0189. The molecule has 22 heavy (non-hydrogen) atoms. The van der Waals surface area contributed by atoms with E-state index in [1.807, 2.05) is 0 Å². The van der Waals surface area contributed by atoms with Gasteiger partial charge in [0, 0.05) is 18.2 Å². The number of hydrogen-bond donors (Lipinski definition) is 2. The molecule has 0 amide bonds. The highest BCUT2D eigenvalue weighted by Gasteiger charge is 2.25. The van der Waals surface area contributed by atoms with E-state index in [1.54, 1.807) is 0 Å². The summed E-state index contributed by atoms with van der Waals surface area (Å²) in [5.41, 5.74) is 0.652. The van der Waals surface area contributed by atoms with Crippen LogP contribution in [0.4, 0.5) is 5.69 Å². The van der Waals surface area contributed by atoms with Crippen molar-refractivity contribution in [1.82, 2.24) is 15.3 Å². The van der Waals surface area contributed by atoms with Gasteiger partial charge in [-0.3, -0.25) is 10.1 Å². The highest BCUT2D eigenvalue weighted by atomic mass is 32.2. The number of nitrogens with one attached hydrogen (secondary N) is 2. The van der Waals surface area contributed by atoms with Crippen LogP contribution in [0.3, 0.4) is 0 Å². The molecule has 0 radical (unpaired) electrons.